The fourth-order valence-electron chi connectivity index (χ4n) is 1.78. The molecule has 0 amide bonds. The predicted octanol–water partition coefficient (Wildman–Crippen LogP) is 3.27. The Kier molecular flexibility index (Phi) is 2.08. The minimum atomic E-state index is 0.793. The first-order chi connectivity index (χ1) is 6.74. The van der Waals surface area contributed by atoms with Crippen molar-refractivity contribution in [2.24, 2.45) is 0 Å². The van der Waals surface area contributed by atoms with Crippen molar-refractivity contribution in [2.75, 3.05) is 0 Å². The van der Waals surface area contributed by atoms with E-state index in [4.69, 9.17) is 0 Å². The van der Waals surface area contributed by atoms with Gasteiger partial charge >= 0.3 is 0 Å². The number of rotatable bonds is 1. The van der Waals surface area contributed by atoms with Gasteiger partial charge in [-0.05, 0) is 41.8 Å². The molecule has 2 aromatic rings. The van der Waals surface area contributed by atoms with Crippen molar-refractivity contribution in [1.82, 2.24) is 0 Å². The maximum absolute atomic E-state index is 10.8. The summed E-state index contributed by atoms with van der Waals surface area (Å²) in [6, 6.07) is 10.1. The largest absolute Gasteiger partial charge is 0.298 e. The maximum atomic E-state index is 10.8. The molecule has 1 nitrogen and oxygen atoms in total. The molecule has 2 rings (SSSR count). The van der Waals surface area contributed by atoms with E-state index < -0.39 is 0 Å². The van der Waals surface area contributed by atoms with Crippen LogP contribution in [0.25, 0.3) is 10.8 Å². The third-order valence-corrected chi connectivity index (χ3v) is 2.80. The van der Waals surface area contributed by atoms with Gasteiger partial charge in [-0.25, -0.2) is 0 Å². The Labute approximate surface area is 83.4 Å². The van der Waals surface area contributed by atoms with Crippen LogP contribution in [-0.4, -0.2) is 6.29 Å². The quantitative estimate of drug-likeness (QED) is 0.622. The third-order valence-electron chi connectivity index (χ3n) is 2.80. The Balaban J connectivity index is 2.91. The number of carbonyl (C=O) groups is 1. The average molecular weight is 184 g/mol. The lowest BCUT2D eigenvalue weighted by molar-refractivity contribution is 0.112. The van der Waals surface area contributed by atoms with Crippen molar-refractivity contribution in [1.29, 1.82) is 0 Å². The molecule has 2 aromatic carbocycles. The Morgan fingerprint density at radius 3 is 2.50 bits per heavy atom. The molecule has 70 valence electrons. The number of hydrogen-bond acceptors (Lipinski definition) is 1. The summed E-state index contributed by atoms with van der Waals surface area (Å²) < 4.78 is 0. The fourth-order valence-corrected chi connectivity index (χ4v) is 1.78. The molecule has 0 radical (unpaired) electrons. The van der Waals surface area contributed by atoms with Crippen molar-refractivity contribution >= 4 is 17.1 Å². The summed E-state index contributed by atoms with van der Waals surface area (Å²) in [5.41, 5.74) is 3.07. The van der Waals surface area contributed by atoms with Gasteiger partial charge in [0, 0.05) is 5.56 Å². The molecule has 0 bridgehead atoms. The van der Waals surface area contributed by atoms with Gasteiger partial charge in [-0.2, -0.15) is 0 Å². The van der Waals surface area contributed by atoms with Crippen molar-refractivity contribution in [3.63, 3.8) is 0 Å². The van der Waals surface area contributed by atoms with Crippen LogP contribution in [-0.2, 0) is 0 Å². The Morgan fingerprint density at radius 1 is 1.07 bits per heavy atom. The number of fused-ring (bicyclic) bond motifs is 1. The van der Waals surface area contributed by atoms with E-state index >= 15 is 0 Å². The van der Waals surface area contributed by atoms with Gasteiger partial charge in [0.25, 0.3) is 0 Å². The second kappa shape index (κ2) is 3.26. The van der Waals surface area contributed by atoms with Crippen LogP contribution >= 0.6 is 0 Å². The molecular formula is C13H12O. The zero-order chi connectivity index (χ0) is 10.1. The molecule has 14 heavy (non-hydrogen) atoms. The highest BCUT2D eigenvalue weighted by Crippen LogP contribution is 2.23. The van der Waals surface area contributed by atoms with Gasteiger partial charge in [0.2, 0.25) is 0 Å². The number of hydrogen-bond donors (Lipinski definition) is 0. The second-order valence-corrected chi connectivity index (χ2v) is 3.55. The van der Waals surface area contributed by atoms with Crippen LogP contribution < -0.4 is 0 Å². The molecular weight excluding hydrogens is 172 g/mol. The smallest absolute Gasteiger partial charge is 0.150 e. The lowest BCUT2D eigenvalue weighted by atomic mass is 9.97. The van der Waals surface area contributed by atoms with Gasteiger partial charge in [-0.15, -0.1) is 0 Å². The van der Waals surface area contributed by atoms with E-state index in [-0.39, 0.29) is 0 Å². The average Bonchev–Trinajstić information content (AvgIpc) is 2.23. The molecule has 0 atom stereocenters. The van der Waals surface area contributed by atoms with Crippen molar-refractivity contribution in [3.8, 4) is 0 Å². The molecule has 0 aliphatic rings. The van der Waals surface area contributed by atoms with E-state index in [1.165, 1.54) is 10.9 Å². The van der Waals surface area contributed by atoms with Crippen molar-refractivity contribution in [3.05, 3.63) is 47.0 Å². The third kappa shape index (κ3) is 1.22. The van der Waals surface area contributed by atoms with Gasteiger partial charge < -0.3 is 0 Å². The highest BCUT2D eigenvalue weighted by atomic mass is 16.1. The van der Waals surface area contributed by atoms with Gasteiger partial charge in [0.15, 0.2) is 0 Å². The highest BCUT2D eigenvalue weighted by Gasteiger charge is 2.04. The van der Waals surface area contributed by atoms with Crippen LogP contribution in [0.3, 0.4) is 0 Å². The molecule has 0 N–H and O–H groups in total. The Hall–Kier alpha value is -1.63. The van der Waals surface area contributed by atoms with E-state index in [0.717, 1.165) is 22.8 Å². The molecule has 0 heterocycles. The topological polar surface area (TPSA) is 17.1 Å². The van der Waals surface area contributed by atoms with E-state index in [0.29, 0.717) is 0 Å². The van der Waals surface area contributed by atoms with Crippen LogP contribution in [0.15, 0.2) is 30.3 Å². The summed E-state index contributed by atoms with van der Waals surface area (Å²) in [7, 11) is 0. The molecule has 1 heteroatoms. The standard InChI is InChI=1S/C13H12O/c1-9-10(2)13-6-4-3-5-11(13)7-12(9)8-14/h3-8H,1-2H3. The summed E-state index contributed by atoms with van der Waals surface area (Å²) in [4.78, 5) is 10.8. The first-order valence-corrected chi connectivity index (χ1v) is 4.68. The zero-order valence-electron chi connectivity index (χ0n) is 8.37. The molecule has 0 unspecified atom stereocenters. The monoisotopic (exact) mass is 184 g/mol. The van der Waals surface area contributed by atoms with Gasteiger partial charge in [-0.3, -0.25) is 4.79 Å². The number of aldehydes is 1. The fraction of sp³-hybridized carbons (Fsp3) is 0.154. The van der Waals surface area contributed by atoms with Crippen molar-refractivity contribution < 1.29 is 4.79 Å². The van der Waals surface area contributed by atoms with Gasteiger partial charge in [0.1, 0.15) is 6.29 Å². The SMILES string of the molecule is Cc1c(C=O)cc2ccccc2c1C. The molecule has 0 spiro atoms. The molecule has 0 saturated heterocycles. The number of carbonyl (C=O) groups excluding carboxylic acids is 1. The van der Waals surface area contributed by atoms with Crippen LogP contribution in [0.4, 0.5) is 0 Å². The summed E-state index contributed by atoms with van der Waals surface area (Å²) in [6.45, 7) is 4.05. The molecule has 0 aliphatic heterocycles. The summed E-state index contributed by atoms with van der Waals surface area (Å²) in [5.74, 6) is 0. The number of aryl methyl sites for hydroxylation is 1. The van der Waals surface area contributed by atoms with Crippen molar-refractivity contribution in [2.45, 2.75) is 13.8 Å². The van der Waals surface area contributed by atoms with Crippen LogP contribution in [0.1, 0.15) is 21.5 Å². The Bertz CT molecular complexity index is 498. The summed E-state index contributed by atoms with van der Waals surface area (Å²) in [5, 5.41) is 2.37. The molecule has 0 saturated carbocycles. The molecule has 0 fully saturated rings. The Morgan fingerprint density at radius 2 is 1.79 bits per heavy atom. The minimum Gasteiger partial charge on any atom is -0.298 e. The zero-order valence-corrected chi connectivity index (χ0v) is 8.37. The summed E-state index contributed by atoms with van der Waals surface area (Å²) >= 11 is 0. The van der Waals surface area contributed by atoms with Gasteiger partial charge in [-0.1, -0.05) is 24.3 Å². The van der Waals surface area contributed by atoms with E-state index in [2.05, 4.69) is 13.0 Å². The van der Waals surface area contributed by atoms with Crippen LogP contribution in [0, 0.1) is 13.8 Å². The second-order valence-electron chi connectivity index (χ2n) is 3.55. The molecule has 0 aromatic heterocycles. The predicted molar refractivity (Wildman–Crippen MR) is 58.8 cm³/mol. The molecule has 0 aliphatic carbocycles. The van der Waals surface area contributed by atoms with E-state index in [1.807, 2.05) is 31.2 Å². The lowest BCUT2D eigenvalue weighted by Gasteiger charge is -2.07. The highest BCUT2D eigenvalue weighted by molar-refractivity contribution is 5.93. The lowest BCUT2D eigenvalue weighted by Crippen LogP contribution is -1.91. The van der Waals surface area contributed by atoms with Crippen LogP contribution in [0.2, 0.25) is 0 Å². The number of benzene rings is 2. The minimum absolute atomic E-state index is 0.793. The van der Waals surface area contributed by atoms with E-state index in [9.17, 15) is 4.79 Å². The van der Waals surface area contributed by atoms with Crippen LogP contribution in [0.5, 0.6) is 0 Å². The first kappa shape index (κ1) is 8.95. The summed E-state index contributed by atoms with van der Waals surface area (Å²) in [6.07, 6.45) is 0.925. The first-order valence-electron chi connectivity index (χ1n) is 4.68. The maximum Gasteiger partial charge on any atom is 0.150 e. The van der Waals surface area contributed by atoms with E-state index in [1.54, 1.807) is 0 Å². The van der Waals surface area contributed by atoms with Gasteiger partial charge in [0.05, 0.1) is 0 Å². The normalized spacial score (nSPS) is 10.4.